The second-order valence-corrected chi connectivity index (χ2v) is 7.47. The van der Waals surface area contributed by atoms with Crippen LogP contribution in [0.2, 0.25) is 0 Å². The number of hydrogen-bond donors (Lipinski definition) is 0. The van der Waals surface area contributed by atoms with Crippen LogP contribution in [0.15, 0.2) is 36.7 Å². The molecule has 0 spiro atoms. The first-order valence-electron chi connectivity index (χ1n) is 10.5. The van der Waals surface area contributed by atoms with Crippen LogP contribution in [0.25, 0.3) is 11.4 Å². The Morgan fingerprint density at radius 1 is 0.788 bits per heavy atom. The lowest BCUT2D eigenvalue weighted by Crippen LogP contribution is -2.51. The molecule has 0 aliphatic heterocycles. The fourth-order valence-electron chi connectivity index (χ4n) is 2.90. The van der Waals surface area contributed by atoms with E-state index < -0.39 is 30.7 Å². The summed E-state index contributed by atoms with van der Waals surface area (Å²) in [5.74, 6) is -0.480. The van der Waals surface area contributed by atoms with E-state index in [0.717, 1.165) is 37.0 Å². The van der Waals surface area contributed by atoms with Crippen LogP contribution in [-0.4, -0.2) is 35.0 Å². The van der Waals surface area contributed by atoms with Gasteiger partial charge < -0.3 is 4.74 Å². The van der Waals surface area contributed by atoms with Gasteiger partial charge in [-0.2, -0.15) is 26.3 Å². The van der Waals surface area contributed by atoms with E-state index in [2.05, 4.69) is 26.4 Å². The molecule has 0 saturated heterocycles. The second kappa shape index (κ2) is 11.6. The summed E-state index contributed by atoms with van der Waals surface area (Å²) in [5.41, 5.74) is 1.34. The van der Waals surface area contributed by atoms with Crippen molar-refractivity contribution in [2.75, 3.05) is 6.67 Å². The summed E-state index contributed by atoms with van der Waals surface area (Å²) in [4.78, 5) is 8.42. The SMILES string of the molecule is CCCCCCCCc1cnc(-c2ccc(OC(F)(F)C(F)(F)OC(F)(F)CF)cc2)nc1. The number of unbranched alkanes of at least 4 members (excludes halogenated alkanes) is 5. The molecule has 184 valence electrons. The molecule has 33 heavy (non-hydrogen) atoms. The number of aromatic nitrogens is 2. The van der Waals surface area contributed by atoms with Crippen LogP contribution >= 0.6 is 0 Å². The zero-order valence-corrected chi connectivity index (χ0v) is 18.0. The minimum Gasteiger partial charge on any atom is -0.426 e. The quantitative estimate of drug-likeness (QED) is 0.211. The number of rotatable bonds is 14. The zero-order chi connectivity index (χ0) is 24.5. The lowest BCUT2D eigenvalue weighted by molar-refractivity contribution is -0.466. The molecule has 2 aromatic rings. The van der Waals surface area contributed by atoms with Gasteiger partial charge in [0, 0.05) is 18.0 Å². The van der Waals surface area contributed by atoms with Gasteiger partial charge in [0.1, 0.15) is 5.75 Å². The van der Waals surface area contributed by atoms with E-state index in [9.17, 15) is 30.7 Å². The van der Waals surface area contributed by atoms with Gasteiger partial charge in [-0.15, -0.1) is 0 Å². The molecule has 0 saturated carbocycles. The molecule has 0 bridgehead atoms. The number of alkyl halides is 7. The van der Waals surface area contributed by atoms with Crippen LogP contribution in [0.3, 0.4) is 0 Å². The molecule has 11 heteroatoms. The van der Waals surface area contributed by atoms with Crippen LogP contribution in [0.1, 0.15) is 51.0 Å². The van der Waals surface area contributed by atoms with Gasteiger partial charge in [0.2, 0.25) is 0 Å². The van der Waals surface area contributed by atoms with Crippen molar-refractivity contribution in [3.8, 4) is 17.1 Å². The molecule has 0 radical (unpaired) electrons. The summed E-state index contributed by atoms with van der Waals surface area (Å²) in [6.07, 6.45) is -5.31. The fourth-order valence-corrected chi connectivity index (χ4v) is 2.90. The van der Waals surface area contributed by atoms with E-state index in [-0.39, 0.29) is 5.82 Å². The largest absolute Gasteiger partial charge is 0.494 e. The maximum atomic E-state index is 13.6. The Morgan fingerprint density at radius 2 is 1.36 bits per heavy atom. The molecular formula is C22H25F7N2O2. The molecule has 0 amide bonds. The molecule has 1 aromatic heterocycles. The van der Waals surface area contributed by atoms with Crippen molar-refractivity contribution in [3.05, 3.63) is 42.2 Å². The van der Waals surface area contributed by atoms with E-state index in [1.807, 2.05) is 0 Å². The Labute approximate surface area is 187 Å². The molecule has 0 atom stereocenters. The van der Waals surface area contributed by atoms with E-state index in [1.54, 1.807) is 12.4 Å². The number of benzene rings is 1. The predicted octanol–water partition coefficient (Wildman–Crippen LogP) is 7.19. The van der Waals surface area contributed by atoms with Gasteiger partial charge in [-0.25, -0.2) is 19.1 Å². The smallest absolute Gasteiger partial charge is 0.426 e. The molecule has 0 aliphatic rings. The first-order valence-corrected chi connectivity index (χ1v) is 10.5. The monoisotopic (exact) mass is 482 g/mol. The molecule has 0 N–H and O–H groups in total. The molecular weight excluding hydrogens is 457 g/mol. The van der Waals surface area contributed by atoms with Gasteiger partial charge >= 0.3 is 18.3 Å². The fraction of sp³-hybridized carbons (Fsp3) is 0.545. The molecule has 1 aromatic carbocycles. The Kier molecular flexibility index (Phi) is 9.45. The standard InChI is InChI=1S/C22H25F7N2O2/c1-2-3-4-5-6-7-8-16-13-30-19(31-14-16)17-9-11-18(12-10-17)32-21(26,27)22(28,29)33-20(24,25)15-23/h9-14H,2-8,15H2,1H3. The molecule has 4 nitrogen and oxygen atoms in total. The summed E-state index contributed by atoms with van der Waals surface area (Å²) in [6, 6.07) is 4.31. The highest BCUT2D eigenvalue weighted by atomic mass is 19.3. The Balaban J connectivity index is 1.95. The van der Waals surface area contributed by atoms with Gasteiger partial charge in [-0.05, 0) is 42.7 Å². The topological polar surface area (TPSA) is 44.2 Å². The van der Waals surface area contributed by atoms with Crippen molar-refractivity contribution in [1.82, 2.24) is 9.97 Å². The molecule has 0 aliphatic carbocycles. The van der Waals surface area contributed by atoms with Crippen molar-refractivity contribution in [2.24, 2.45) is 0 Å². The average Bonchev–Trinajstić information content (AvgIpc) is 2.76. The molecule has 0 fully saturated rings. The van der Waals surface area contributed by atoms with E-state index in [1.165, 1.54) is 37.8 Å². The van der Waals surface area contributed by atoms with Crippen LogP contribution < -0.4 is 4.74 Å². The normalized spacial score (nSPS) is 12.7. The highest BCUT2D eigenvalue weighted by Crippen LogP contribution is 2.41. The highest BCUT2D eigenvalue weighted by Gasteiger charge is 2.65. The third kappa shape index (κ3) is 8.13. The van der Waals surface area contributed by atoms with Gasteiger partial charge in [-0.1, -0.05) is 39.0 Å². The van der Waals surface area contributed by atoms with Gasteiger partial charge in [0.25, 0.3) is 0 Å². The van der Waals surface area contributed by atoms with E-state index in [0.29, 0.717) is 5.56 Å². The van der Waals surface area contributed by atoms with E-state index in [4.69, 9.17) is 0 Å². The van der Waals surface area contributed by atoms with Gasteiger partial charge in [-0.3, -0.25) is 0 Å². The average molecular weight is 482 g/mol. The summed E-state index contributed by atoms with van der Waals surface area (Å²) < 4.78 is 97.7. The van der Waals surface area contributed by atoms with Crippen molar-refractivity contribution in [3.63, 3.8) is 0 Å². The summed E-state index contributed by atoms with van der Waals surface area (Å²) in [7, 11) is 0. The molecule has 0 unspecified atom stereocenters. The first-order chi connectivity index (χ1) is 15.5. The lowest BCUT2D eigenvalue weighted by atomic mass is 10.1. The number of nitrogens with zero attached hydrogens (tertiary/aromatic N) is 2. The van der Waals surface area contributed by atoms with Crippen molar-refractivity contribution in [2.45, 2.75) is 70.2 Å². The molecule has 2 rings (SSSR count). The van der Waals surface area contributed by atoms with Crippen molar-refractivity contribution < 1.29 is 40.2 Å². The van der Waals surface area contributed by atoms with Crippen LogP contribution in [0.5, 0.6) is 5.75 Å². The Hall–Kier alpha value is -2.43. The number of halogens is 7. The first kappa shape index (κ1) is 26.8. The maximum Gasteiger partial charge on any atom is 0.494 e. The molecule has 1 heterocycles. The van der Waals surface area contributed by atoms with Gasteiger partial charge in [0.15, 0.2) is 12.5 Å². The van der Waals surface area contributed by atoms with Crippen LogP contribution in [-0.2, 0) is 11.2 Å². The predicted molar refractivity (Wildman–Crippen MR) is 107 cm³/mol. The van der Waals surface area contributed by atoms with Crippen molar-refractivity contribution >= 4 is 0 Å². The lowest BCUT2D eigenvalue weighted by Gasteiger charge is -2.28. The van der Waals surface area contributed by atoms with Gasteiger partial charge in [0.05, 0.1) is 0 Å². The minimum absolute atomic E-state index is 0.274. The van der Waals surface area contributed by atoms with Crippen LogP contribution in [0, 0.1) is 0 Å². The third-order valence-electron chi connectivity index (χ3n) is 4.65. The summed E-state index contributed by atoms with van der Waals surface area (Å²) >= 11 is 0. The van der Waals surface area contributed by atoms with Crippen LogP contribution in [0.4, 0.5) is 30.7 Å². The zero-order valence-electron chi connectivity index (χ0n) is 18.0. The summed E-state index contributed by atoms with van der Waals surface area (Å²) in [6.45, 7) is -0.548. The highest BCUT2D eigenvalue weighted by molar-refractivity contribution is 5.55. The second-order valence-electron chi connectivity index (χ2n) is 7.47. The number of ether oxygens (including phenoxy) is 2. The minimum atomic E-state index is -5.78. The maximum absolute atomic E-state index is 13.6. The van der Waals surface area contributed by atoms with Crippen molar-refractivity contribution in [1.29, 1.82) is 0 Å². The Bertz CT molecular complexity index is 847. The summed E-state index contributed by atoms with van der Waals surface area (Å²) in [5, 5.41) is 0. The number of aryl methyl sites for hydroxylation is 1. The number of hydrogen-bond acceptors (Lipinski definition) is 4. The third-order valence-corrected chi connectivity index (χ3v) is 4.65. The Morgan fingerprint density at radius 3 is 1.94 bits per heavy atom. The van der Waals surface area contributed by atoms with E-state index >= 15 is 0 Å².